The Balaban J connectivity index is 1.20. The number of fused-ring (bicyclic) bond motifs is 6. The molecule has 0 spiro atoms. The van der Waals surface area contributed by atoms with E-state index in [1.807, 2.05) is 13.0 Å². The Morgan fingerprint density at radius 2 is 1.96 bits per heavy atom. The van der Waals surface area contributed by atoms with Crippen molar-refractivity contribution in [3.63, 3.8) is 0 Å². The molecule has 4 saturated heterocycles. The molecule has 10 nitrogen and oxygen atoms in total. The Labute approximate surface area is 322 Å². The smallest absolute Gasteiger partial charge is 0.228 e. The van der Waals surface area contributed by atoms with Crippen molar-refractivity contribution in [2.24, 2.45) is 17.8 Å². The summed E-state index contributed by atoms with van der Waals surface area (Å²) < 4.78 is 25.2. The molecule has 13 heteroatoms. The standard InChI is InChI=1S/C41H39Cl2FN8O2/c1-20-27-16-31(38-24-13-25(51(38)40(53)21-8-9-21)19-50(18-24)41-46-12-10-32(49-41)54-2)52(37-23-15-30(37)47-17-23)39(27)28-14-22(5-4-11-45)33(35(44)36(28)48-20)26-6-3-7-29(42)34(26)43/h3,6-7,10,12,14,16,21,23-25,30,37-38,47H,4-5,8-9,13,15,17-19H2,1-2H3/t23-,24+,25-,30-,37+,38-/m1/s1. The molecule has 2 aromatic carbocycles. The molecule has 1 N–H and O–H groups in total. The molecule has 6 atom stereocenters. The summed E-state index contributed by atoms with van der Waals surface area (Å²) in [6.45, 7) is 4.19. The third kappa shape index (κ3) is 5.13. The largest absolute Gasteiger partial charge is 0.481 e. The Morgan fingerprint density at radius 1 is 1.11 bits per heavy atom. The van der Waals surface area contributed by atoms with Crippen LogP contribution in [0.5, 0.6) is 5.88 Å². The first-order valence-corrected chi connectivity index (χ1v) is 19.7. The van der Waals surface area contributed by atoms with Crippen molar-refractivity contribution in [3.05, 3.63) is 75.4 Å². The Bertz CT molecular complexity index is 2410. The second-order valence-electron chi connectivity index (χ2n) is 15.7. The number of likely N-dealkylation sites (tertiary alicyclic amines) is 1. The number of hydrogen-bond donors (Lipinski definition) is 1. The molecule has 1 amide bonds. The molecule has 276 valence electrons. The normalized spacial score (nSPS) is 25.7. The van der Waals surface area contributed by atoms with E-state index in [1.165, 1.54) is 0 Å². The van der Waals surface area contributed by atoms with Crippen LogP contribution in [0, 0.1) is 41.8 Å². The van der Waals surface area contributed by atoms with Crippen LogP contribution in [0.25, 0.3) is 32.9 Å². The second-order valence-corrected chi connectivity index (χ2v) is 16.5. The van der Waals surface area contributed by atoms with Crippen LogP contribution in [0.4, 0.5) is 10.3 Å². The van der Waals surface area contributed by atoms with Crippen molar-refractivity contribution in [2.45, 2.75) is 69.6 Å². The predicted molar refractivity (Wildman–Crippen MR) is 205 cm³/mol. The van der Waals surface area contributed by atoms with Gasteiger partial charge in [0.2, 0.25) is 17.7 Å². The first-order chi connectivity index (χ1) is 26.2. The van der Waals surface area contributed by atoms with Crippen molar-refractivity contribution >= 4 is 56.9 Å². The van der Waals surface area contributed by atoms with Crippen LogP contribution in [-0.2, 0) is 11.2 Å². The van der Waals surface area contributed by atoms with Gasteiger partial charge in [-0.25, -0.2) is 14.4 Å². The van der Waals surface area contributed by atoms with E-state index in [4.69, 9.17) is 32.9 Å². The number of halogens is 3. The van der Waals surface area contributed by atoms with Crippen LogP contribution >= 0.6 is 23.2 Å². The molecule has 5 aromatic rings. The van der Waals surface area contributed by atoms with Crippen molar-refractivity contribution < 1.29 is 13.9 Å². The Morgan fingerprint density at radius 3 is 2.70 bits per heavy atom. The minimum atomic E-state index is -0.477. The zero-order valence-corrected chi connectivity index (χ0v) is 31.5. The number of piperidine rings is 1. The number of benzene rings is 2. The molecule has 0 radical (unpaired) electrons. The van der Waals surface area contributed by atoms with Gasteiger partial charge in [-0.1, -0.05) is 35.3 Å². The topological polar surface area (TPSA) is 112 Å². The number of pyridine rings is 1. The number of aromatic nitrogens is 4. The molecule has 4 aliphatic heterocycles. The molecular formula is C41H39Cl2FN8O2. The number of carbonyl (C=O) groups is 1. The number of rotatable bonds is 8. The summed E-state index contributed by atoms with van der Waals surface area (Å²) in [4.78, 5) is 33.1. The molecule has 6 fully saturated rings. The van der Waals surface area contributed by atoms with Gasteiger partial charge in [0.15, 0.2) is 5.82 Å². The number of nitrogens with one attached hydrogen (secondary N) is 1. The highest BCUT2D eigenvalue weighted by Crippen LogP contribution is 2.54. The average Bonchev–Trinajstić information content (AvgIpc) is 3.46. The first kappa shape index (κ1) is 34.0. The lowest BCUT2D eigenvalue weighted by Crippen LogP contribution is -2.45. The van der Waals surface area contributed by atoms with Gasteiger partial charge in [-0.3, -0.25) is 4.79 Å². The maximum atomic E-state index is 17.3. The van der Waals surface area contributed by atoms with Gasteiger partial charge in [0.05, 0.1) is 46.9 Å². The summed E-state index contributed by atoms with van der Waals surface area (Å²) in [6, 6.07) is 13.7. The highest BCUT2D eigenvalue weighted by Gasteiger charge is 2.55. The highest BCUT2D eigenvalue weighted by molar-refractivity contribution is 6.43. The number of methoxy groups -OCH3 is 1. The van der Waals surface area contributed by atoms with Gasteiger partial charge in [-0.05, 0) is 68.7 Å². The lowest BCUT2D eigenvalue weighted by molar-refractivity contribution is -0.135. The molecule has 2 saturated carbocycles. The van der Waals surface area contributed by atoms with Crippen LogP contribution in [0.3, 0.4) is 0 Å². The van der Waals surface area contributed by atoms with Crippen LogP contribution in [-0.4, -0.2) is 69.2 Å². The van der Waals surface area contributed by atoms with E-state index in [-0.39, 0.29) is 58.9 Å². The Hall–Kier alpha value is -4.50. The van der Waals surface area contributed by atoms with Crippen LogP contribution in [0.15, 0.2) is 42.6 Å². The second kappa shape index (κ2) is 12.8. The fourth-order valence-electron chi connectivity index (χ4n) is 10.1. The molecule has 0 unspecified atom stereocenters. The summed E-state index contributed by atoms with van der Waals surface area (Å²) in [5.74, 6) is 1.43. The zero-order chi connectivity index (χ0) is 37.0. The summed E-state index contributed by atoms with van der Waals surface area (Å²) in [5.41, 5.74) is 4.48. The van der Waals surface area contributed by atoms with E-state index >= 15 is 4.39 Å². The number of anilines is 1. The van der Waals surface area contributed by atoms with Gasteiger partial charge >= 0.3 is 0 Å². The van der Waals surface area contributed by atoms with E-state index in [2.05, 4.69) is 41.8 Å². The van der Waals surface area contributed by atoms with E-state index in [0.29, 0.717) is 64.4 Å². The molecular weight excluding hydrogens is 726 g/mol. The minimum absolute atomic E-state index is 0.00431. The van der Waals surface area contributed by atoms with Gasteiger partial charge in [-0.15, -0.1) is 0 Å². The van der Waals surface area contributed by atoms with E-state index in [1.54, 1.807) is 37.6 Å². The maximum absolute atomic E-state index is 17.3. The number of aryl methyl sites for hydroxylation is 2. The van der Waals surface area contributed by atoms with Crippen molar-refractivity contribution in [2.75, 3.05) is 31.6 Å². The first-order valence-electron chi connectivity index (χ1n) is 18.9. The van der Waals surface area contributed by atoms with Gasteiger partial charge in [0.25, 0.3) is 0 Å². The molecule has 7 heterocycles. The SMILES string of the molecule is COc1ccnc(N2C[C@@H]3C[C@H](C2)N(C(=O)C2CC2)[C@H]3c2cc3c(C)nc4c(F)c(-c5cccc(Cl)c5Cl)c(CCC#N)cc4c3n2[C@H]2[C@H]3CN[C@@H]2C3)n1. The number of nitriles is 1. The summed E-state index contributed by atoms with van der Waals surface area (Å²) in [5, 5.41) is 15.6. The molecule has 54 heavy (non-hydrogen) atoms. The van der Waals surface area contributed by atoms with E-state index in [9.17, 15) is 10.1 Å². The monoisotopic (exact) mass is 764 g/mol. The third-order valence-corrected chi connectivity index (χ3v) is 13.4. The molecule has 2 aliphatic carbocycles. The molecule has 4 bridgehead atoms. The van der Waals surface area contributed by atoms with Crippen molar-refractivity contribution in [1.29, 1.82) is 5.26 Å². The predicted octanol–water partition coefficient (Wildman–Crippen LogP) is 7.59. The summed E-state index contributed by atoms with van der Waals surface area (Å²) in [7, 11) is 1.60. The number of hydrogen-bond acceptors (Lipinski definition) is 8. The van der Waals surface area contributed by atoms with E-state index < -0.39 is 5.82 Å². The highest BCUT2D eigenvalue weighted by atomic mass is 35.5. The van der Waals surface area contributed by atoms with Gasteiger partial charge in [0.1, 0.15) is 5.52 Å². The number of nitrogens with zero attached hydrogens (tertiary/aromatic N) is 7. The minimum Gasteiger partial charge on any atom is -0.481 e. The quantitative estimate of drug-likeness (QED) is 0.172. The fraction of sp³-hybridized carbons (Fsp3) is 0.439. The number of carbonyl (C=O) groups excluding carboxylic acids is 1. The van der Waals surface area contributed by atoms with Crippen LogP contribution in [0.2, 0.25) is 10.0 Å². The van der Waals surface area contributed by atoms with Crippen LogP contribution in [0.1, 0.15) is 61.1 Å². The van der Waals surface area contributed by atoms with Gasteiger partial charge < -0.3 is 24.4 Å². The molecule has 11 rings (SSSR count). The maximum Gasteiger partial charge on any atom is 0.228 e. The molecule has 6 aliphatic rings. The lowest BCUT2D eigenvalue weighted by atomic mass is 9.79. The van der Waals surface area contributed by atoms with Crippen LogP contribution < -0.4 is 15.0 Å². The van der Waals surface area contributed by atoms with Crippen molar-refractivity contribution in [1.82, 2.24) is 29.7 Å². The zero-order valence-electron chi connectivity index (χ0n) is 30.0. The van der Waals surface area contributed by atoms with Gasteiger partial charge in [0, 0.05) is 89.5 Å². The average molecular weight is 766 g/mol. The lowest BCUT2D eigenvalue weighted by Gasteiger charge is -2.40. The summed E-state index contributed by atoms with van der Waals surface area (Å²) in [6.07, 6.45) is 6.05. The molecule has 3 aromatic heterocycles. The number of amides is 1. The number of ether oxygens (including phenoxy) is 1. The van der Waals surface area contributed by atoms with Crippen molar-refractivity contribution in [3.8, 4) is 23.1 Å². The third-order valence-electron chi connectivity index (χ3n) is 12.6. The van der Waals surface area contributed by atoms with Gasteiger partial charge in [-0.2, -0.15) is 10.2 Å². The fourth-order valence-corrected chi connectivity index (χ4v) is 10.5. The van der Waals surface area contributed by atoms with E-state index in [0.717, 1.165) is 54.5 Å². The Kier molecular flexibility index (Phi) is 8.06. The summed E-state index contributed by atoms with van der Waals surface area (Å²) >= 11 is 13.2.